The summed E-state index contributed by atoms with van der Waals surface area (Å²) in [6.45, 7) is 5.16. The monoisotopic (exact) mass is 367 g/mol. The third-order valence-electron chi connectivity index (χ3n) is 4.99. The fraction of sp³-hybridized carbons (Fsp3) is 0.350. The molecule has 0 saturated heterocycles. The van der Waals surface area contributed by atoms with Gasteiger partial charge in [-0.05, 0) is 31.4 Å². The van der Waals surface area contributed by atoms with Crippen molar-refractivity contribution >= 4 is 27.5 Å². The first-order chi connectivity index (χ1) is 12.5. The van der Waals surface area contributed by atoms with Crippen molar-refractivity contribution in [3.05, 3.63) is 62.0 Å². The van der Waals surface area contributed by atoms with Gasteiger partial charge in [0.25, 0.3) is 11.5 Å². The van der Waals surface area contributed by atoms with Crippen LogP contribution in [0.3, 0.4) is 0 Å². The molecule has 0 N–H and O–H groups in total. The molecule has 0 radical (unpaired) electrons. The third kappa shape index (κ3) is 2.74. The Hall–Kier alpha value is -2.47. The van der Waals surface area contributed by atoms with Crippen LogP contribution >= 0.6 is 11.3 Å². The summed E-state index contributed by atoms with van der Waals surface area (Å²) < 4.78 is 1.76. The van der Waals surface area contributed by atoms with E-state index in [2.05, 4.69) is 4.98 Å². The van der Waals surface area contributed by atoms with E-state index in [0.717, 1.165) is 36.3 Å². The largest absolute Gasteiger partial charge is 0.337 e. The Morgan fingerprint density at radius 1 is 1.27 bits per heavy atom. The van der Waals surface area contributed by atoms with Gasteiger partial charge in [-0.2, -0.15) is 0 Å². The molecule has 2 aromatic heterocycles. The molecule has 1 aromatic carbocycles. The average molecular weight is 367 g/mol. The molecule has 4 rings (SSSR count). The third-order valence-corrected chi connectivity index (χ3v) is 6.17. The molecule has 0 bridgehead atoms. The first-order valence-electron chi connectivity index (χ1n) is 8.79. The van der Waals surface area contributed by atoms with Crippen LogP contribution in [0.15, 0.2) is 29.1 Å². The van der Waals surface area contributed by atoms with Gasteiger partial charge in [-0.3, -0.25) is 14.2 Å². The van der Waals surface area contributed by atoms with Crippen molar-refractivity contribution in [3.8, 4) is 0 Å². The topological polar surface area (TPSA) is 55.2 Å². The van der Waals surface area contributed by atoms with Crippen molar-refractivity contribution in [2.75, 3.05) is 7.05 Å². The second-order valence-corrected chi connectivity index (χ2v) is 7.97. The van der Waals surface area contributed by atoms with E-state index in [1.165, 1.54) is 16.9 Å². The van der Waals surface area contributed by atoms with Crippen LogP contribution in [0, 0.1) is 13.8 Å². The minimum atomic E-state index is -0.0596. The van der Waals surface area contributed by atoms with Crippen LogP contribution in [0.1, 0.15) is 38.6 Å². The van der Waals surface area contributed by atoms with Gasteiger partial charge in [0.05, 0.1) is 10.3 Å². The van der Waals surface area contributed by atoms with E-state index >= 15 is 0 Å². The molecule has 3 heterocycles. The van der Waals surface area contributed by atoms with E-state index in [-0.39, 0.29) is 11.5 Å². The molecule has 0 saturated carbocycles. The molecule has 0 fully saturated rings. The lowest BCUT2D eigenvalue weighted by molar-refractivity contribution is 0.0789. The molecule has 0 aliphatic carbocycles. The van der Waals surface area contributed by atoms with Crippen LogP contribution in [-0.4, -0.2) is 27.4 Å². The smallest absolute Gasteiger partial charge is 0.264 e. The fourth-order valence-electron chi connectivity index (χ4n) is 3.49. The summed E-state index contributed by atoms with van der Waals surface area (Å²) >= 11 is 1.34. The molecular formula is C20H21N3O2S. The molecule has 134 valence electrons. The zero-order valence-electron chi connectivity index (χ0n) is 15.2. The second-order valence-electron chi connectivity index (χ2n) is 6.97. The lowest BCUT2D eigenvalue weighted by Crippen LogP contribution is -2.26. The highest BCUT2D eigenvalue weighted by atomic mass is 32.1. The first-order valence-corrected chi connectivity index (χ1v) is 9.61. The van der Waals surface area contributed by atoms with E-state index in [9.17, 15) is 9.59 Å². The minimum Gasteiger partial charge on any atom is -0.337 e. The maximum Gasteiger partial charge on any atom is 0.264 e. The summed E-state index contributed by atoms with van der Waals surface area (Å²) in [5.41, 5.74) is 3.03. The van der Waals surface area contributed by atoms with Crippen LogP contribution < -0.4 is 5.56 Å². The van der Waals surface area contributed by atoms with E-state index in [0.29, 0.717) is 21.6 Å². The normalized spacial score (nSPS) is 13.2. The molecule has 0 atom stereocenters. The highest BCUT2D eigenvalue weighted by molar-refractivity contribution is 7.20. The maximum atomic E-state index is 13.0. The number of hydrogen-bond donors (Lipinski definition) is 0. The van der Waals surface area contributed by atoms with Crippen molar-refractivity contribution in [1.82, 2.24) is 14.5 Å². The van der Waals surface area contributed by atoms with E-state index in [1.54, 1.807) is 16.5 Å². The van der Waals surface area contributed by atoms with Crippen LogP contribution in [0.2, 0.25) is 0 Å². The van der Waals surface area contributed by atoms with Crippen molar-refractivity contribution in [1.29, 1.82) is 0 Å². The van der Waals surface area contributed by atoms with Gasteiger partial charge >= 0.3 is 0 Å². The molecular weight excluding hydrogens is 346 g/mol. The van der Waals surface area contributed by atoms with Gasteiger partial charge in [-0.1, -0.05) is 29.8 Å². The molecule has 26 heavy (non-hydrogen) atoms. The lowest BCUT2D eigenvalue weighted by atomic mass is 10.1. The summed E-state index contributed by atoms with van der Waals surface area (Å²) in [5.74, 6) is 0.784. The number of aromatic nitrogens is 2. The Balaban J connectivity index is 1.68. The standard InChI is InChI=1S/C20H21N3O2S/c1-12-6-8-14(9-7-12)11-22(3)20(25)17-13(2)16-18(26-17)21-15-5-4-10-23(15)19(16)24/h6-9H,4-5,10-11H2,1-3H3. The molecule has 1 amide bonds. The predicted molar refractivity (Wildman–Crippen MR) is 104 cm³/mol. The van der Waals surface area contributed by atoms with Gasteiger partial charge in [0.1, 0.15) is 10.7 Å². The number of nitrogens with zero attached hydrogens (tertiary/aromatic N) is 3. The molecule has 1 aliphatic heterocycles. The van der Waals surface area contributed by atoms with E-state index < -0.39 is 0 Å². The van der Waals surface area contributed by atoms with Gasteiger partial charge in [0, 0.05) is 26.6 Å². The Kier molecular flexibility index (Phi) is 4.15. The Morgan fingerprint density at radius 3 is 2.73 bits per heavy atom. The summed E-state index contributed by atoms with van der Waals surface area (Å²) in [5, 5.41) is 0.604. The Bertz CT molecular complexity index is 1060. The summed E-state index contributed by atoms with van der Waals surface area (Å²) in [7, 11) is 1.80. The van der Waals surface area contributed by atoms with Crippen molar-refractivity contribution < 1.29 is 4.79 Å². The summed E-state index contributed by atoms with van der Waals surface area (Å²) in [6.07, 6.45) is 1.79. The fourth-order valence-corrected chi connectivity index (χ4v) is 4.68. The number of carbonyl (C=O) groups is 1. The number of carbonyl (C=O) groups excluding carboxylic acids is 1. The molecule has 0 spiro atoms. The number of hydrogen-bond acceptors (Lipinski definition) is 4. The Labute approximate surface area is 155 Å². The van der Waals surface area contributed by atoms with Gasteiger partial charge in [0.2, 0.25) is 0 Å². The molecule has 3 aromatic rings. The van der Waals surface area contributed by atoms with Gasteiger partial charge in [-0.25, -0.2) is 4.98 Å². The van der Waals surface area contributed by atoms with Crippen LogP contribution in [0.25, 0.3) is 10.2 Å². The molecule has 0 unspecified atom stereocenters. The number of rotatable bonds is 3. The lowest BCUT2D eigenvalue weighted by Gasteiger charge is -2.17. The molecule has 1 aliphatic rings. The number of thiophene rings is 1. The zero-order valence-corrected chi connectivity index (χ0v) is 16.0. The van der Waals surface area contributed by atoms with E-state index in [1.807, 2.05) is 38.1 Å². The quantitative estimate of drug-likeness (QED) is 0.714. The highest BCUT2D eigenvalue weighted by Gasteiger charge is 2.24. The summed E-state index contributed by atoms with van der Waals surface area (Å²) in [4.78, 5) is 33.4. The highest BCUT2D eigenvalue weighted by Crippen LogP contribution is 2.29. The number of aryl methyl sites for hydroxylation is 3. The van der Waals surface area contributed by atoms with Crippen molar-refractivity contribution in [2.24, 2.45) is 0 Å². The molecule has 5 nitrogen and oxygen atoms in total. The summed E-state index contributed by atoms with van der Waals surface area (Å²) in [6, 6.07) is 8.17. The Morgan fingerprint density at radius 2 is 2.00 bits per heavy atom. The minimum absolute atomic E-state index is 0.00325. The van der Waals surface area contributed by atoms with Crippen molar-refractivity contribution in [2.45, 2.75) is 39.8 Å². The van der Waals surface area contributed by atoms with Gasteiger partial charge in [0.15, 0.2) is 0 Å². The van der Waals surface area contributed by atoms with E-state index in [4.69, 9.17) is 0 Å². The average Bonchev–Trinajstić information content (AvgIpc) is 3.21. The van der Waals surface area contributed by atoms with Gasteiger partial charge in [-0.15, -0.1) is 11.3 Å². The second kappa shape index (κ2) is 6.36. The number of fused-ring (bicyclic) bond motifs is 2. The number of amides is 1. The van der Waals surface area contributed by atoms with Crippen LogP contribution in [0.4, 0.5) is 0 Å². The van der Waals surface area contributed by atoms with Crippen LogP contribution in [0.5, 0.6) is 0 Å². The zero-order chi connectivity index (χ0) is 18.4. The van der Waals surface area contributed by atoms with Crippen molar-refractivity contribution in [3.63, 3.8) is 0 Å². The SMILES string of the molecule is Cc1ccc(CN(C)C(=O)c2sc3nc4n(c(=O)c3c2C)CCC4)cc1. The first kappa shape index (κ1) is 17.0. The molecule has 6 heteroatoms. The van der Waals surface area contributed by atoms with Gasteiger partial charge < -0.3 is 4.90 Å². The predicted octanol–water partition coefficient (Wildman–Crippen LogP) is 3.29. The van der Waals surface area contributed by atoms with Crippen LogP contribution in [-0.2, 0) is 19.5 Å². The number of benzene rings is 1. The maximum absolute atomic E-state index is 13.0.